The Morgan fingerprint density at radius 2 is 1.95 bits per heavy atom. The fourth-order valence-corrected chi connectivity index (χ4v) is 1.83. The number of ether oxygens (including phenoxy) is 1. The van der Waals surface area contributed by atoms with Crippen LogP contribution in [0.1, 0.15) is 19.4 Å². The fraction of sp³-hybridized carbons (Fsp3) is 0.500. The van der Waals surface area contributed by atoms with Gasteiger partial charge in [0.2, 0.25) is 0 Å². The summed E-state index contributed by atoms with van der Waals surface area (Å²) < 4.78 is 5.49. The lowest BCUT2D eigenvalue weighted by atomic mass is 10.2. The highest BCUT2D eigenvalue weighted by Crippen LogP contribution is 2.14. The van der Waals surface area contributed by atoms with E-state index < -0.39 is 0 Å². The Morgan fingerprint density at radius 1 is 1.27 bits per heavy atom. The zero-order valence-electron chi connectivity index (χ0n) is 13.9. The quantitative estimate of drug-likeness (QED) is 0.609. The van der Waals surface area contributed by atoms with E-state index in [1.54, 1.807) is 14.1 Å². The number of nitrogens with zero attached hydrogens (tertiary/aromatic N) is 3. The van der Waals surface area contributed by atoms with Crippen LogP contribution >= 0.6 is 0 Å². The van der Waals surface area contributed by atoms with Gasteiger partial charge in [-0.05, 0) is 31.5 Å². The van der Waals surface area contributed by atoms with Crippen molar-refractivity contribution in [1.82, 2.24) is 9.80 Å². The van der Waals surface area contributed by atoms with Gasteiger partial charge in [0.1, 0.15) is 5.75 Å². The van der Waals surface area contributed by atoms with E-state index in [0.717, 1.165) is 18.7 Å². The van der Waals surface area contributed by atoms with E-state index in [2.05, 4.69) is 4.99 Å². The first-order valence-electron chi connectivity index (χ1n) is 7.44. The number of rotatable bonds is 7. The van der Waals surface area contributed by atoms with E-state index in [1.807, 2.05) is 43.0 Å². The minimum atomic E-state index is -0.0748. The maximum Gasteiger partial charge on any atom is 0.259 e. The first-order chi connectivity index (χ1) is 10.5. The van der Waals surface area contributed by atoms with Crippen LogP contribution in [0.25, 0.3) is 0 Å². The lowest BCUT2D eigenvalue weighted by Gasteiger charge is -2.19. The standard InChI is InChI=1S/C16H26N4O2/c1-5-20(6-2)16(17)18-11-13-8-7-9-14(10-13)22-12-15(21)19(3)4/h7-10H,5-6,11-12H2,1-4H3,(H2,17,18). The van der Waals surface area contributed by atoms with Crippen LogP contribution in [0.2, 0.25) is 0 Å². The van der Waals surface area contributed by atoms with Crippen LogP contribution in [0, 0.1) is 0 Å². The van der Waals surface area contributed by atoms with E-state index in [9.17, 15) is 4.79 Å². The molecule has 2 N–H and O–H groups in total. The Morgan fingerprint density at radius 3 is 2.55 bits per heavy atom. The zero-order chi connectivity index (χ0) is 16.5. The predicted octanol–water partition coefficient (Wildman–Crippen LogP) is 1.31. The van der Waals surface area contributed by atoms with Gasteiger partial charge >= 0.3 is 0 Å². The molecule has 0 aliphatic rings. The summed E-state index contributed by atoms with van der Waals surface area (Å²) in [7, 11) is 3.40. The molecule has 0 unspecified atom stereocenters. The molecule has 22 heavy (non-hydrogen) atoms. The zero-order valence-corrected chi connectivity index (χ0v) is 13.9. The maximum atomic E-state index is 11.5. The summed E-state index contributed by atoms with van der Waals surface area (Å²) >= 11 is 0. The van der Waals surface area contributed by atoms with Crippen LogP contribution in [-0.4, -0.2) is 55.5 Å². The maximum absolute atomic E-state index is 11.5. The first-order valence-corrected chi connectivity index (χ1v) is 7.44. The molecule has 1 rings (SSSR count). The molecule has 1 aromatic carbocycles. The molecule has 6 heteroatoms. The highest BCUT2D eigenvalue weighted by Gasteiger charge is 2.06. The normalized spacial score (nSPS) is 11.2. The van der Waals surface area contributed by atoms with Gasteiger partial charge in [0.05, 0.1) is 6.54 Å². The number of hydrogen-bond donors (Lipinski definition) is 1. The Hall–Kier alpha value is -2.24. The number of guanidine groups is 1. The summed E-state index contributed by atoms with van der Waals surface area (Å²) in [5.74, 6) is 1.12. The third kappa shape index (κ3) is 5.63. The van der Waals surface area contributed by atoms with Crippen LogP contribution in [-0.2, 0) is 11.3 Å². The monoisotopic (exact) mass is 306 g/mol. The lowest BCUT2D eigenvalue weighted by Crippen LogP contribution is -2.37. The predicted molar refractivity (Wildman–Crippen MR) is 88.9 cm³/mol. The molecule has 0 aromatic heterocycles. The lowest BCUT2D eigenvalue weighted by molar-refractivity contribution is -0.130. The van der Waals surface area contributed by atoms with Gasteiger partial charge < -0.3 is 20.3 Å². The van der Waals surface area contributed by atoms with Crippen molar-refractivity contribution in [2.24, 2.45) is 10.7 Å². The molecule has 6 nitrogen and oxygen atoms in total. The van der Waals surface area contributed by atoms with Gasteiger partial charge in [-0.2, -0.15) is 0 Å². The molecule has 1 amide bonds. The van der Waals surface area contributed by atoms with Gasteiger partial charge in [-0.15, -0.1) is 0 Å². The van der Waals surface area contributed by atoms with Crippen molar-refractivity contribution >= 4 is 11.9 Å². The minimum absolute atomic E-state index is 0.0291. The van der Waals surface area contributed by atoms with E-state index in [0.29, 0.717) is 18.3 Å². The number of carbonyl (C=O) groups is 1. The number of likely N-dealkylation sites (N-methyl/N-ethyl adjacent to an activating group) is 1. The molecule has 0 radical (unpaired) electrons. The van der Waals surface area contributed by atoms with Gasteiger partial charge in [0.15, 0.2) is 12.6 Å². The summed E-state index contributed by atoms with van der Waals surface area (Å²) in [6, 6.07) is 7.54. The second-order valence-electron chi connectivity index (χ2n) is 5.07. The summed E-state index contributed by atoms with van der Waals surface area (Å²) in [6.45, 7) is 6.27. The molecule has 0 atom stereocenters. The van der Waals surface area contributed by atoms with Crippen LogP contribution < -0.4 is 10.5 Å². The number of nitrogens with two attached hydrogens (primary N) is 1. The second kappa shape index (κ2) is 8.92. The van der Waals surface area contributed by atoms with Crippen LogP contribution in [0.3, 0.4) is 0 Å². The molecule has 0 bridgehead atoms. The topological polar surface area (TPSA) is 71.2 Å². The van der Waals surface area contributed by atoms with Crippen LogP contribution in [0.4, 0.5) is 0 Å². The second-order valence-corrected chi connectivity index (χ2v) is 5.07. The summed E-state index contributed by atoms with van der Waals surface area (Å²) in [5.41, 5.74) is 6.94. The van der Waals surface area contributed by atoms with E-state index in [4.69, 9.17) is 10.5 Å². The molecule has 0 heterocycles. The molecule has 0 spiro atoms. The van der Waals surface area contributed by atoms with Crippen molar-refractivity contribution in [2.75, 3.05) is 33.8 Å². The van der Waals surface area contributed by atoms with Crippen molar-refractivity contribution in [1.29, 1.82) is 0 Å². The number of aliphatic imine (C=N–C) groups is 1. The summed E-state index contributed by atoms with van der Waals surface area (Å²) in [6.07, 6.45) is 0. The largest absolute Gasteiger partial charge is 0.484 e. The van der Waals surface area contributed by atoms with Crippen LogP contribution in [0.15, 0.2) is 29.3 Å². The number of amides is 1. The Labute approximate surface area is 132 Å². The molecule has 0 fully saturated rings. The minimum Gasteiger partial charge on any atom is -0.484 e. The molecule has 0 aliphatic carbocycles. The number of carbonyl (C=O) groups excluding carboxylic acids is 1. The molecule has 0 saturated carbocycles. The van der Waals surface area contributed by atoms with Crippen molar-refractivity contribution in [3.63, 3.8) is 0 Å². The Bertz CT molecular complexity index is 511. The highest BCUT2D eigenvalue weighted by atomic mass is 16.5. The summed E-state index contributed by atoms with van der Waals surface area (Å²) in [4.78, 5) is 19.4. The van der Waals surface area contributed by atoms with E-state index >= 15 is 0 Å². The molecular weight excluding hydrogens is 280 g/mol. The van der Waals surface area contributed by atoms with Crippen molar-refractivity contribution in [3.8, 4) is 5.75 Å². The summed E-state index contributed by atoms with van der Waals surface area (Å²) in [5, 5.41) is 0. The highest BCUT2D eigenvalue weighted by molar-refractivity contribution is 5.78. The van der Waals surface area contributed by atoms with Gasteiger partial charge in [0, 0.05) is 27.2 Å². The van der Waals surface area contributed by atoms with Gasteiger partial charge in [-0.25, -0.2) is 4.99 Å². The third-order valence-electron chi connectivity index (χ3n) is 3.27. The number of hydrogen-bond acceptors (Lipinski definition) is 3. The van der Waals surface area contributed by atoms with Crippen molar-refractivity contribution in [2.45, 2.75) is 20.4 Å². The molecule has 122 valence electrons. The fourth-order valence-electron chi connectivity index (χ4n) is 1.83. The number of benzene rings is 1. The Balaban J connectivity index is 2.64. The van der Waals surface area contributed by atoms with Gasteiger partial charge in [0.25, 0.3) is 5.91 Å². The molecule has 0 saturated heterocycles. The average Bonchev–Trinajstić information content (AvgIpc) is 2.52. The van der Waals surface area contributed by atoms with Gasteiger partial charge in [-0.1, -0.05) is 12.1 Å². The van der Waals surface area contributed by atoms with Crippen molar-refractivity contribution < 1.29 is 9.53 Å². The third-order valence-corrected chi connectivity index (χ3v) is 3.27. The van der Waals surface area contributed by atoms with E-state index in [-0.39, 0.29) is 12.5 Å². The molecular formula is C16H26N4O2. The van der Waals surface area contributed by atoms with Gasteiger partial charge in [-0.3, -0.25) is 4.79 Å². The Kier molecular flexibility index (Phi) is 7.22. The molecule has 0 aliphatic heterocycles. The smallest absolute Gasteiger partial charge is 0.259 e. The molecule has 1 aromatic rings. The van der Waals surface area contributed by atoms with Crippen LogP contribution in [0.5, 0.6) is 5.75 Å². The van der Waals surface area contributed by atoms with Crippen molar-refractivity contribution in [3.05, 3.63) is 29.8 Å². The average molecular weight is 306 g/mol. The van der Waals surface area contributed by atoms with E-state index in [1.165, 1.54) is 4.90 Å². The first kappa shape index (κ1) is 17.8. The SMILES string of the molecule is CCN(CC)C(N)=NCc1cccc(OCC(=O)N(C)C)c1.